The van der Waals surface area contributed by atoms with Gasteiger partial charge in [0.05, 0.1) is 19.3 Å². The van der Waals surface area contributed by atoms with Gasteiger partial charge in [-0.05, 0) is 31.4 Å². The Morgan fingerprint density at radius 2 is 2.33 bits per heavy atom. The molecule has 0 radical (unpaired) electrons. The summed E-state index contributed by atoms with van der Waals surface area (Å²) >= 11 is 0. The second kappa shape index (κ2) is 5.29. The van der Waals surface area contributed by atoms with Crippen LogP contribution in [0.25, 0.3) is 0 Å². The standard InChI is InChI=1S/C15H22N2O/c1-16-9-5-8-14(16)15-12-18-11-10-17(15)13-6-3-2-4-7-13/h3,5-6,8-9,13,15H,2,4,7,10-12H2,1H3/t13-,15-/m0/s1. The van der Waals surface area contributed by atoms with Gasteiger partial charge in [-0.3, -0.25) is 4.90 Å². The highest BCUT2D eigenvalue weighted by Crippen LogP contribution is 2.29. The minimum atomic E-state index is 0.409. The van der Waals surface area contributed by atoms with Crippen molar-refractivity contribution < 1.29 is 4.74 Å². The maximum Gasteiger partial charge on any atom is 0.0742 e. The SMILES string of the molecule is Cn1cccc1[C@@H]1COCCN1[C@H]1C=CCCC1. The monoisotopic (exact) mass is 246 g/mol. The first-order chi connectivity index (χ1) is 8.86. The summed E-state index contributed by atoms with van der Waals surface area (Å²) < 4.78 is 7.92. The van der Waals surface area contributed by atoms with Crippen molar-refractivity contribution in [3.8, 4) is 0 Å². The van der Waals surface area contributed by atoms with E-state index in [1.54, 1.807) is 0 Å². The Bertz CT molecular complexity index is 424. The fraction of sp³-hybridized carbons (Fsp3) is 0.600. The molecule has 2 heterocycles. The maximum atomic E-state index is 5.70. The molecule has 0 spiro atoms. The van der Waals surface area contributed by atoms with E-state index in [0.29, 0.717) is 12.1 Å². The lowest BCUT2D eigenvalue weighted by Crippen LogP contribution is -2.46. The molecule has 0 aromatic carbocycles. The molecule has 1 aliphatic heterocycles. The molecular formula is C15H22N2O. The van der Waals surface area contributed by atoms with E-state index in [2.05, 4.69) is 47.0 Å². The van der Waals surface area contributed by atoms with E-state index in [9.17, 15) is 0 Å². The van der Waals surface area contributed by atoms with Crippen LogP contribution in [-0.4, -0.2) is 35.3 Å². The number of aromatic nitrogens is 1. The van der Waals surface area contributed by atoms with Gasteiger partial charge in [0.25, 0.3) is 0 Å². The maximum absolute atomic E-state index is 5.70. The van der Waals surface area contributed by atoms with Crippen LogP contribution in [0.4, 0.5) is 0 Å². The molecule has 0 bridgehead atoms. The fourth-order valence-corrected chi connectivity index (χ4v) is 3.16. The van der Waals surface area contributed by atoms with Crippen LogP contribution in [0.3, 0.4) is 0 Å². The van der Waals surface area contributed by atoms with Crippen LogP contribution in [0.5, 0.6) is 0 Å². The van der Waals surface area contributed by atoms with Crippen molar-refractivity contribution in [2.24, 2.45) is 7.05 Å². The summed E-state index contributed by atoms with van der Waals surface area (Å²) in [6, 6.07) is 5.35. The zero-order valence-electron chi connectivity index (χ0n) is 11.1. The molecule has 3 rings (SSSR count). The normalized spacial score (nSPS) is 29.6. The highest BCUT2D eigenvalue weighted by atomic mass is 16.5. The minimum Gasteiger partial charge on any atom is -0.378 e. The van der Waals surface area contributed by atoms with E-state index in [-0.39, 0.29) is 0 Å². The van der Waals surface area contributed by atoms with Crippen LogP contribution in [-0.2, 0) is 11.8 Å². The molecule has 1 saturated heterocycles. The molecule has 2 aliphatic rings. The molecule has 0 amide bonds. The van der Waals surface area contributed by atoms with Crippen molar-refractivity contribution in [1.82, 2.24) is 9.47 Å². The van der Waals surface area contributed by atoms with Gasteiger partial charge in [0.15, 0.2) is 0 Å². The number of allylic oxidation sites excluding steroid dienone is 1. The molecule has 3 nitrogen and oxygen atoms in total. The third kappa shape index (κ3) is 2.25. The quantitative estimate of drug-likeness (QED) is 0.746. The number of hydrogen-bond donors (Lipinski definition) is 0. The number of aryl methyl sites for hydroxylation is 1. The first-order valence-corrected chi connectivity index (χ1v) is 6.97. The molecule has 18 heavy (non-hydrogen) atoms. The van der Waals surface area contributed by atoms with Gasteiger partial charge in [-0.2, -0.15) is 0 Å². The lowest BCUT2D eigenvalue weighted by molar-refractivity contribution is -0.0260. The molecule has 1 aromatic heterocycles. The summed E-state index contributed by atoms with van der Waals surface area (Å²) in [7, 11) is 2.12. The molecule has 98 valence electrons. The summed E-state index contributed by atoms with van der Waals surface area (Å²) in [5, 5.41) is 0. The lowest BCUT2D eigenvalue weighted by Gasteiger charge is -2.41. The van der Waals surface area contributed by atoms with Gasteiger partial charge in [0.2, 0.25) is 0 Å². The predicted octanol–water partition coefficient (Wildman–Crippen LogP) is 2.51. The average Bonchev–Trinajstić information content (AvgIpc) is 2.86. The van der Waals surface area contributed by atoms with Gasteiger partial charge >= 0.3 is 0 Å². The first-order valence-electron chi connectivity index (χ1n) is 6.97. The van der Waals surface area contributed by atoms with Crippen LogP contribution in [0.2, 0.25) is 0 Å². The highest BCUT2D eigenvalue weighted by molar-refractivity contribution is 5.14. The molecule has 1 aliphatic carbocycles. The summed E-state index contributed by atoms with van der Waals surface area (Å²) in [4.78, 5) is 2.62. The summed E-state index contributed by atoms with van der Waals surface area (Å²) in [6.07, 6.45) is 10.7. The minimum absolute atomic E-state index is 0.409. The van der Waals surface area contributed by atoms with Crippen molar-refractivity contribution in [1.29, 1.82) is 0 Å². The van der Waals surface area contributed by atoms with E-state index in [1.165, 1.54) is 25.0 Å². The molecule has 1 fully saturated rings. The largest absolute Gasteiger partial charge is 0.378 e. The Morgan fingerprint density at radius 3 is 3.06 bits per heavy atom. The van der Waals surface area contributed by atoms with Crippen molar-refractivity contribution in [2.75, 3.05) is 19.8 Å². The molecule has 0 saturated carbocycles. The average molecular weight is 246 g/mol. The van der Waals surface area contributed by atoms with E-state index in [1.807, 2.05) is 0 Å². The number of morpholine rings is 1. The van der Waals surface area contributed by atoms with E-state index >= 15 is 0 Å². The third-order valence-electron chi connectivity index (χ3n) is 4.15. The Labute approximate surface area is 109 Å². The Kier molecular flexibility index (Phi) is 3.52. The molecular weight excluding hydrogens is 224 g/mol. The zero-order valence-corrected chi connectivity index (χ0v) is 11.1. The Morgan fingerprint density at radius 1 is 1.39 bits per heavy atom. The van der Waals surface area contributed by atoms with Gasteiger partial charge in [-0.15, -0.1) is 0 Å². The van der Waals surface area contributed by atoms with Crippen molar-refractivity contribution in [2.45, 2.75) is 31.3 Å². The highest BCUT2D eigenvalue weighted by Gasteiger charge is 2.30. The van der Waals surface area contributed by atoms with Gasteiger partial charge in [0.1, 0.15) is 0 Å². The summed E-state index contributed by atoms with van der Waals surface area (Å²) in [6.45, 7) is 2.73. The number of ether oxygens (including phenoxy) is 1. The van der Waals surface area contributed by atoms with Crippen molar-refractivity contribution >= 4 is 0 Å². The topological polar surface area (TPSA) is 17.4 Å². The summed E-state index contributed by atoms with van der Waals surface area (Å²) in [5.41, 5.74) is 1.37. The fourth-order valence-electron chi connectivity index (χ4n) is 3.16. The van der Waals surface area contributed by atoms with Crippen LogP contribution in [0, 0.1) is 0 Å². The second-order valence-corrected chi connectivity index (χ2v) is 5.30. The predicted molar refractivity (Wildman–Crippen MR) is 72.5 cm³/mol. The Hall–Kier alpha value is -1.06. The first kappa shape index (κ1) is 12.0. The molecule has 1 aromatic rings. The molecule has 2 atom stereocenters. The van der Waals surface area contributed by atoms with Gasteiger partial charge in [-0.25, -0.2) is 0 Å². The van der Waals surface area contributed by atoms with Crippen LogP contribution in [0.1, 0.15) is 31.0 Å². The Balaban J connectivity index is 1.84. The van der Waals surface area contributed by atoms with Crippen LogP contribution >= 0.6 is 0 Å². The summed E-state index contributed by atoms with van der Waals surface area (Å²) in [5.74, 6) is 0. The number of rotatable bonds is 2. The molecule has 3 heteroatoms. The van der Waals surface area contributed by atoms with Crippen LogP contribution in [0.15, 0.2) is 30.5 Å². The van der Waals surface area contributed by atoms with Gasteiger partial charge in [-0.1, -0.05) is 12.2 Å². The number of nitrogens with zero attached hydrogens (tertiary/aromatic N) is 2. The van der Waals surface area contributed by atoms with Crippen LogP contribution < -0.4 is 0 Å². The molecule has 0 unspecified atom stereocenters. The lowest BCUT2D eigenvalue weighted by atomic mass is 9.98. The van der Waals surface area contributed by atoms with E-state index < -0.39 is 0 Å². The second-order valence-electron chi connectivity index (χ2n) is 5.30. The van der Waals surface area contributed by atoms with Gasteiger partial charge in [0, 0.05) is 31.5 Å². The van der Waals surface area contributed by atoms with Gasteiger partial charge < -0.3 is 9.30 Å². The van der Waals surface area contributed by atoms with Crippen molar-refractivity contribution in [3.05, 3.63) is 36.2 Å². The van der Waals surface area contributed by atoms with Crippen molar-refractivity contribution in [3.63, 3.8) is 0 Å². The van der Waals surface area contributed by atoms with E-state index in [4.69, 9.17) is 4.74 Å². The smallest absolute Gasteiger partial charge is 0.0742 e. The third-order valence-corrected chi connectivity index (χ3v) is 4.15. The molecule has 0 N–H and O–H groups in total. The zero-order chi connectivity index (χ0) is 12.4. The van der Waals surface area contributed by atoms with E-state index in [0.717, 1.165) is 19.8 Å². The number of hydrogen-bond acceptors (Lipinski definition) is 2.